The first-order valence-electron chi connectivity index (χ1n) is 7.70. The lowest BCUT2D eigenvalue weighted by Gasteiger charge is -2.11. The largest absolute Gasteiger partial charge is 0.322 e. The second-order valence-corrected chi connectivity index (χ2v) is 5.84. The number of nitrogens with zero attached hydrogens (tertiary/aromatic N) is 1. The Balaban J connectivity index is 1.81. The topological polar surface area (TPSA) is 54.0 Å². The van der Waals surface area contributed by atoms with Gasteiger partial charge in [-0.25, -0.2) is 0 Å². The molecule has 1 heterocycles. The molecule has 1 aromatic carbocycles. The van der Waals surface area contributed by atoms with Crippen molar-refractivity contribution in [1.82, 2.24) is 10.3 Å². The zero-order valence-electron chi connectivity index (χ0n) is 13.0. The Labute approximate surface area is 131 Å². The quantitative estimate of drug-likeness (QED) is 0.890. The summed E-state index contributed by atoms with van der Waals surface area (Å²) >= 11 is 0. The van der Waals surface area contributed by atoms with Crippen molar-refractivity contribution < 1.29 is 4.79 Å². The first-order valence-corrected chi connectivity index (χ1v) is 7.70. The number of benzene rings is 1. The van der Waals surface area contributed by atoms with E-state index in [0.29, 0.717) is 11.5 Å². The molecule has 4 nitrogen and oxygen atoms in total. The number of aromatic nitrogens is 1. The van der Waals surface area contributed by atoms with Gasteiger partial charge in [0.05, 0.1) is 11.3 Å². The summed E-state index contributed by atoms with van der Waals surface area (Å²) in [5.41, 5.74) is 4.58. The number of aryl methyl sites for hydroxylation is 1. The molecule has 1 aliphatic carbocycles. The van der Waals surface area contributed by atoms with Crippen molar-refractivity contribution in [2.24, 2.45) is 0 Å². The predicted molar refractivity (Wildman–Crippen MR) is 88.1 cm³/mol. The van der Waals surface area contributed by atoms with Crippen LogP contribution in [0, 0.1) is 6.92 Å². The predicted octanol–water partition coefficient (Wildman–Crippen LogP) is 3.24. The molecule has 2 N–H and O–H groups in total. The van der Waals surface area contributed by atoms with Crippen molar-refractivity contribution in [3.05, 3.63) is 58.9 Å². The van der Waals surface area contributed by atoms with Gasteiger partial charge in [-0.15, -0.1) is 0 Å². The highest BCUT2D eigenvalue weighted by molar-refractivity contribution is 6.05. The highest BCUT2D eigenvalue weighted by atomic mass is 16.1. The Hall–Kier alpha value is -2.20. The summed E-state index contributed by atoms with van der Waals surface area (Å²) in [4.78, 5) is 17.2. The Morgan fingerprint density at radius 2 is 2.09 bits per heavy atom. The van der Waals surface area contributed by atoms with Crippen molar-refractivity contribution >= 4 is 11.6 Å². The van der Waals surface area contributed by atoms with Crippen molar-refractivity contribution in [2.45, 2.75) is 32.2 Å². The summed E-state index contributed by atoms with van der Waals surface area (Å²) in [6.45, 7) is 2.75. The van der Waals surface area contributed by atoms with E-state index in [-0.39, 0.29) is 5.91 Å². The average molecular weight is 295 g/mol. The van der Waals surface area contributed by atoms with Crippen molar-refractivity contribution in [2.75, 3.05) is 12.4 Å². The van der Waals surface area contributed by atoms with Crippen LogP contribution in [0.2, 0.25) is 0 Å². The van der Waals surface area contributed by atoms with E-state index in [0.717, 1.165) is 42.0 Å². The molecule has 0 saturated heterocycles. The molecular formula is C18H21N3O. The minimum atomic E-state index is -0.0731. The van der Waals surface area contributed by atoms with Gasteiger partial charge >= 0.3 is 0 Å². The minimum absolute atomic E-state index is 0.0731. The van der Waals surface area contributed by atoms with Gasteiger partial charge in [0.2, 0.25) is 0 Å². The van der Waals surface area contributed by atoms with Crippen LogP contribution in [0.5, 0.6) is 0 Å². The van der Waals surface area contributed by atoms with Gasteiger partial charge in [-0.2, -0.15) is 0 Å². The third-order valence-electron chi connectivity index (χ3n) is 3.84. The second kappa shape index (κ2) is 6.28. The molecule has 1 saturated carbocycles. The van der Waals surface area contributed by atoms with Gasteiger partial charge < -0.3 is 10.6 Å². The SMILES string of the molecule is CNCc1cccc(NC(=O)c2ccc(C)nc2C2CC2)c1. The van der Waals surface area contributed by atoms with Crippen molar-refractivity contribution in [3.63, 3.8) is 0 Å². The van der Waals surface area contributed by atoms with Gasteiger partial charge in [-0.05, 0) is 56.6 Å². The van der Waals surface area contributed by atoms with Gasteiger partial charge in [0.25, 0.3) is 5.91 Å². The fourth-order valence-corrected chi connectivity index (χ4v) is 2.60. The summed E-state index contributed by atoms with van der Waals surface area (Å²) in [6, 6.07) is 11.7. The number of carbonyl (C=O) groups excluding carboxylic acids is 1. The van der Waals surface area contributed by atoms with Crippen molar-refractivity contribution in [3.8, 4) is 0 Å². The highest BCUT2D eigenvalue weighted by Crippen LogP contribution is 2.40. The molecule has 1 aromatic heterocycles. The molecule has 4 heteroatoms. The van der Waals surface area contributed by atoms with E-state index < -0.39 is 0 Å². The average Bonchev–Trinajstić information content (AvgIpc) is 3.32. The van der Waals surface area contributed by atoms with Gasteiger partial charge in [0, 0.05) is 23.8 Å². The molecule has 2 aromatic rings. The summed E-state index contributed by atoms with van der Waals surface area (Å²) in [5.74, 6) is 0.382. The normalized spacial score (nSPS) is 13.9. The van der Waals surface area contributed by atoms with Crippen LogP contribution in [0.15, 0.2) is 36.4 Å². The van der Waals surface area contributed by atoms with E-state index in [2.05, 4.69) is 15.6 Å². The smallest absolute Gasteiger partial charge is 0.257 e. The molecule has 3 rings (SSSR count). The minimum Gasteiger partial charge on any atom is -0.322 e. The lowest BCUT2D eigenvalue weighted by Crippen LogP contribution is -2.15. The molecule has 0 aliphatic heterocycles. The number of pyridine rings is 1. The Morgan fingerprint density at radius 1 is 1.27 bits per heavy atom. The van der Waals surface area contributed by atoms with E-state index in [9.17, 15) is 4.79 Å². The second-order valence-electron chi connectivity index (χ2n) is 5.84. The molecule has 0 spiro atoms. The first-order chi connectivity index (χ1) is 10.7. The molecule has 0 radical (unpaired) electrons. The summed E-state index contributed by atoms with van der Waals surface area (Å²) in [5, 5.41) is 6.10. The van der Waals surface area contributed by atoms with E-state index >= 15 is 0 Å². The van der Waals surface area contributed by atoms with Crippen LogP contribution >= 0.6 is 0 Å². The van der Waals surface area contributed by atoms with Crippen LogP contribution in [0.4, 0.5) is 5.69 Å². The van der Waals surface area contributed by atoms with Crippen LogP contribution in [-0.2, 0) is 6.54 Å². The Kier molecular flexibility index (Phi) is 4.20. The monoisotopic (exact) mass is 295 g/mol. The van der Waals surface area contributed by atoms with E-state index in [1.807, 2.05) is 50.4 Å². The lowest BCUT2D eigenvalue weighted by molar-refractivity contribution is 0.102. The van der Waals surface area contributed by atoms with Crippen LogP contribution in [0.3, 0.4) is 0 Å². The molecule has 0 bridgehead atoms. The number of nitrogens with one attached hydrogen (secondary N) is 2. The third kappa shape index (κ3) is 3.34. The number of rotatable bonds is 5. The fourth-order valence-electron chi connectivity index (χ4n) is 2.60. The summed E-state index contributed by atoms with van der Waals surface area (Å²) < 4.78 is 0. The van der Waals surface area contributed by atoms with Gasteiger partial charge in [-0.3, -0.25) is 9.78 Å². The van der Waals surface area contributed by atoms with E-state index in [1.165, 1.54) is 0 Å². The fraction of sp³-hybridized carbons (Fsp3) is 0.333. The van der Waals surface area contributed by atoms with Gasteiger partial charge in [0.1, 0.15) is 0 Å². The van der Waals surface area contributed by atoms with Gasteiger partial charge in [0.15, 0.2) is 0 Å². The summed E-state index contributed by atoms with van der Waals surface area (Å²) in [6.07, 6.45) is 2.27. The molecule has 0 atom stereocenters. The maximum atomic E-state index is 12.6. The molecule has 1 amide bonds. The standard InChI is InChI=1S/C18H21N3O/c1-12-6-9-16(17(20-12)14-7-8-14)18(22)21-15-5-3-4-13(10-15)11-19-2/h3-6,9-10,14,19H,7-8,11H2,1-2H3,(H,21,22). The summed E-state index contributed by atoms with van der Waals surface area (Å²) in [7, 11) is 1.91. The van der Waals surface area contributed by atoms with Gasteiger partial charge in [-0.1, -0.05) is 12.1 Å². The third-order valence-corrected chi connectivity index (χ3v) is 3.84. The highest BCUT2D eigenvalue weighted by Gasteiger charge is 2.29. The zero-order chi connectivity index (χ0) is 15.5. The Bertz CT molecular complexity index is 692. The first kappa shape index (κ1) is 14.7. The maximum absolute atomic E-state index is 12.6. The Morgan fingerprint density at radius 3 is 2.82 bits per heavy atom. The molecule has 0 unspecified atom stereocenters. The molecule has 1 aliphatic rings. The van der Waals surface area contributed by atoms with Crippen LogP contribution in [0.25, 0.3) is 0 Å². The van der Waals surface area contributed by atoms with Crippen LogP contribution in [-0.4, -0.2) is 17.9 Å². The van der Waals surface area contributed by atoms with Crippen LogP contribution < -0.4 is 10.6 Å². The van der Waals surface area contributed by atoms with E-state index in [1.54, 1.807) is 0 Å². The molecule has 22 heavy (non-hydrogen) atoms. The number of anilines is 1. The maximum Gasteiger partial charge on any atom is 0.257 e. The molecule has 1 fully saturated rings. The number of hydrogen-bond acceptors (Lipinski definition) is 3. The number of amides is 1. The molecular weight excluding hydrogens is 274 g/mol. The van der Waals surface area contributed by atoms with Crippen LogP contribution in [0.1, 0.15) is 46.1 Å². The van der Waals surface area contributed by atoms with Crippen molar-refractivity contribution in [1.29, 1.82) is 0 Å². The molecule has 114 valence electrons. The zero-order valence-corrected chi connectivity index (χ0v) is 13.0. The van der Waals surface area contributed by atoms with E-state index in [4.69, 9.17) is 0 Å². The lowest BCUT2D eigenvalue weighted by atomic mass is 10.1. The number of hydrogen-bond donors (Lipinski definition) is 2. The number of carbonyl (C=O) groups is 1.